The number of hydrogen-bond donors (Lipinski definition) is 2. The lowest BCUT2D eigenvalue weighted by molar-refractivity contribution is 0.102. The molecule has 0 aliphatic heterocycles. The summed E-state index contributed by atoms with van der Waals surface area (Å²) in [5.41, 5.74) is 2.17. The molecule has 0 saturated heterocycles. The third-order valence-electron chi connectivity index (χ3n) is 3.67. The molecule has 0 atom stereocenters. The zero-order valence-electron chi connectivity index (χ0n) is 13.4. The quantitative estimate of drug-likeness (QED) is 0.678. The van der Waals surface area contributed by atoms with Crippen LogP contribution in [-0.2, 0) is 0 Å². The predicted molar refractivity (Wildman–Crippen MR) is 98.1 cm³/mol. The predicted octanol–water partition coefficient (Wildman–Crippen LogP) is 5.18. The molecular formula is C19H15ClFN3O. The van der Waals surface area contributed by atoms with Crippen molar-refractivity contribution in [2.45, 2.75) is 6.92 Å². The summed E-state index contributed by atoms with van der Waals surface area (Å²) in [6, 6.07) is 14.7. The number of nitrogens with one attached hydrogen (secondary N) is 2. The van der Waals surface area contributed by atoms with Gasteiger partial charge in [0.15, 0.2) is 0 Å². The lowest BCUT2D eigenvalue weighted by atomic mass is 10.2. The van der Waals surface area contributed by atoms with Crippen LogP contribution in [0.15, 0.2) is 60.8 Å². The van der Waals surface area contributed by atoms with Crippen molar-refractivity contribution < 1.29 is 9.18 Å². The summed E-state index contributed by atoms with van der Waals surface area (Å²) in [4.78, 5) is 16.5. The first-order valence-corrected chi connectivity index (χ1v) is 7.96. The van der Waals surface area contributed by atoms with Gasteiger partial charge in [0.05, 0.1) is 5.69 Å². The number of pyridine rings is 1. The summed E-state index contributed by atoms with van der Waals surface area (Å²) in [5, 5.41) is 6.32. The molecule has 0 unspecified atom stereocenters. The van der Waals surface area contributed by atoms with E-state index >= 15 is 0 Å². The Labute approximate surface area is 149 Å². The SMILES string of the molecule is Cc1c(Cl)cccc1Nc1cc(C(=O)Nc2ccccc2F)ccn1. The number of anilines is 3. The molecular weight excluding hydrogens is 341 g/mol. The molecule has 0 aliphatic carbocycles. The number of halogens is 2. The second-order valence-corrected chi connectivity index (χ2v) is 5.81. The summed E-state index contributed by atoms with van der Waals surface area (Å²) in [5.74, 6) is -0.414. The van der Waals surface area contributed by atoms with Crippen LogP contribution in [0.4, 0.5) is 21.6 Å². The van der Waals surface area contributed by atoms with Gasteiger partial charge >= 0.3 is 0 Å². The average molecular weight is 356 g/mol. The number of hydrogen-bond acceptors (Lipinski definition) is 3. The van der Waals surface area contributed by atoms with Crippen molar-refractivity contribution in [2.75, 3.05) is 10.6 Å². The number of benzene rings is 2. The van der Waals surface area contributed by atoms with Gasteiger partial charge in [0.2, 0.25) is 0 Å². The second-order valence-electron chi connectivity index (χ2n) is 5.40. The van der Waals surface area contributed by atoms with Crippen molar-refractivity contribution in [3.05, 3.63) is 82.8 Å². The Kier molecular flexibility index (Phi) is 4.95. The molecule has 3 rings (SSSR count). The minimum absolute atomic E-state index is 0.129. The monoisotopic (exact) mass is 355 g/mol. The molecule has 25 heavy (non-hydrogen) atoms. The van der Waals surface area contributed by atoms with Gasteiger partial charge in [0, 0.05) is 22.5 Å². The maximum atomic E-state index is 13.7. The highest BCUT2D eigenvalue weighted by atomic mass is 35.5. The van der Waals surface area contributed by atoms with Crippen molar-refractivity contribution in [2.24, 2.45) is 0 Å². The largest absolute Gasteiger partial charge is 0.340 e. The third-order valence-corrected chi connectivity index (χ3v) is 4.08. The van der Waals surface area contributed by atoms with E-state index in [1.807, 2.05) is 19.1 Å². The summed E-state index contributed by atoms with van der Waals surface area (Å²) in [6.45, 7) is 1.89. The molecule has 126 valence electrons. The molecule has 0 bridgehead atoms. The second kappa shape index (κ2) is 7.32. The van der Waals surface area contributed by atoms with Crippen LogP contribution in [0, 0.1) is 12.7 Å². The van der Waals surface area contributed by atoms with Crippen LogP contribution < -0.4 is 10.6 Å². The molecule has 2 N–H and O–H groups in total. The number of rotatable bonds is 4. The Hall–Kier alpha value is -2.92. The van der Waals surface area contributed by atoms with Crippen molar-refractivity contribution in [1.82, 2.24) is 4.98 Å². The fraction of sp³-hybridized carbons (Fsp3) is 0.0526. The van der Waals surface area contributed by atoms with Gasteiger partial charge in [-0.05, 0) is 48.9 Å². The van der Waals surface area contributed by atoms with Crippen molar-refractivity contribution in [3.8, 4) is 0 Å². The first-order chi connectivity index (χ1) is 12.0. The van der Waals surface area contributed by atoms with Crippen LogP contribution in [-0.4, -0.2) is 10.9 Å². The summed E-state index contributed by atoms with van der Waals surface area (Å²) >= 11 is 6.11. The molecule has 1 heterocycles. The molecule has 0 fully saturated rings. The normalized spacial score (nSPS) is 10.4. The lowest BCUT2D eigenvalue weighted by Gasteiger charge is -2.11. The zero-order valence-corrected chi connectivity index (χ0v) is 14.1. The number of amides is 1. The summed E-state index contributed by atoms with van der Waals surface area (Å²) < 4.78 is 13.7. The van der Waals surface area contributed by atoms with Gasteiger partial charge in [-0.15, -0.1) is 0 Å². The Balaban J connectivity index is 1.80. The van der Waals surface area contributed by atoms with E-state index in [9.17, 15) is 9.18 Å². The first kappa shape index (κ1) is 16.9. The zero-order chi connectivity index (χ0) is 17.8. The Morgan fingerprint density at radius 3 is 2.64 bits per heavy atom. The number of carbonyl (C=O) groups is 1. The van der Waals surface area contributed by atoms with E-state index in [4.69, 9.17) is 11.6 Å². The maximum Gasteiger partial charge on any atom is 0.255 e. The Morgan fingerprint density at radius 1 is 1.08 bits per heavy atom. The molecule has 0 aliphatic rings. The van der Waals surface area contributed by atoms with Crippen LogP contribution in [0.3, 0.4) is 0 Å². The van der Waals surface area contributed by atoms with Gasteiger partial charge in [-0.2, -0.15) is 0 Å². The fourth-order valence-corrected chi connectivity index (χ4v) is 2.45. The van der Waals surface area contributed by atoms with Crippen LogP contribution in [0.2, 0.25) is 5.02 Å². The number of nitrogens with zero attached hydrogens (tertiary/aromatic N) is 1. The highest BCUT2D eigenvalue weighted by Crippen LogP contribution is 2.25. The summed E-state index contributed by atoms with van der Waals surface area (Å²) in [6.07, 6.45) is 1.51. The number of carbonyl (C=O) groups excluding carboxylic acids is 1. The van der Waals surface area contributed by atoms with Crippen LogP contribution in [0.25, 0.3) is 0 Å². The molecule has 6 heteroatoms. The Morgan fingerprint density at radius 2 is 1.84 bits per heavy atom. The molecule has 0 spiro atoms. The van der Waals surface area contributed by atoms with E-state index in [1.54, 1.807) is 30.3 Å². The van der Waals surface area contributed by atoms with E-state index < -0.39 is 11.7 Å². The molecule has 0 saturated carbocycles. The average Bonchev–Trinajstić information content (AvgIpc) is 2.61. The van der Waals surface area contributed by atoms with Crippen molar-refractivity contribution in [3.63, 3.8) is 0 Å². The molecule has 1 amide bonds. The molecule has 4 nitrogen and oxygen atoms in total. The maximum absolute atomic E-state index is 13.7. The van der Waals surface area contributed by atoms with Gasteiger partial charge in [0.25, 0.3) is 5.91 Å². The van der Waals surface area contributed by atoms with E-state index in [0.29, 0.717) is 16.4 Å². The first-order valence-electron chi connectivity index (χ1n) is 7.58. The van der Waals surface area contributed by atoms with E-state index in [2.05, 4.69) is 15.6 Å². The van der Waals surface area contributed by atoms with Gasteiger partial charge < -0.3 is 10.6 Å². The van der Waals surface area contributed by atoms with Gasteiger partial charge in [-0.25, -0.2) is 9.37 Å². The highest BCUT2D eigenvalue weighted by Gasteiger charge is 2.11. The molecule has 0 radical (unpaired) electrons. The van der Waals surface area contributed by atoms with E-state index in [-0.39, 0.29) is 5.69 Å². The minimum atomic E-state index is -0.488. The van der Waals surface area contributed by atoms with Crippen LogP contribution in [0.1, 0.15) is 15.9 Å². The standard InChI is InChI=1S/C19H15ClFN3O/c1-12-14(20)5-4-8-16(12)23-18-11-13(9-10-22-18)19(25)24-17-7-3-2-6-15(17)21/h2-11H,1H3,(H,22,23)(H,24,25). The van der Waals surface area contributed by atoms with E-state index in [0.717, 1.165) is 11.3 Å². The van der Waals surface area contributed by atoms with Crippen molar-refractivity contribution in [1.29, 1.82) is 0 Å². The van der Waals surface area contributed by atoms with Crippen LogP contribution >= 0.6 is 11.6 Å². The fourth-order valence-electron chi connectivity index (χ4n) is 2.28. The number of para-hydroxylation sites is 1. The molecule has 1 aromatic heterocycles. The Bertz CT molecular complexity index is 930. The molecule has 3 aromatic rings. The minimum Gasteiger partial charge on any atom is -0.340 e. The third kappa shape index (κ3) is 3.95. The van der Waals surface area contributed by atoms with Gasteiger partial charge in [0.1, 0.15) is 11.6 Å². The van der Waals surface area contributed by atoms with Gasteiger partial charge in [-0.3, -0.25) is 4.79 Å². The van der Waals surface area contributed by atoms with Crippen LogP contribution in [0.5, 0.6) is 0 Å². The van der Waals surface area contributed by atoms with Gasteiger partial charge in [-0.1, -0.05) is 29.8 Å². The number of aromatic nitrogens is 1. The van der Waals surface area contributed by atoms with Crippen molar-refractivity contribution >= 4 is 34.7 Å². The topological polar surface area (TPSA) is 54.0 Å². The summed E-state index contributed by atoms with van der Waals surface area (Å²) in [7, 11) is 0. The van der Waals surface area contributed by atoms with E-state index in [1.165, 1.54) is 18.3 Å². The smallest absolute Gasteiger partial charge is 0.255 e. The molecule has 2 aromatic carbocycles. The highest BCUT2D eigenvalue weighted by molar-refractivity contribution is 6.31. The lowest BCUT2D eigenvalue weighted by Crippen LogP contribution is -2.13.